The van der Waals surface area contributed by atoms with Gasteiger partial charge >= 0.3 is 12.1 Å². The molecule has 35 heavy (non-hydrogen) atoms. The van der Waals surface area contributed by atoms with E-state index in [0.717, 1.165) is 42.0 Å². The van der Waals surface area contributed by atoms with Gasteiger partial charge in [-0.3, -0.25) is 9.69 Å². The van der Waals surface area contributed by atoms with Crippen molar-refractivity contribution in [2.45, 2.75) is 58.9 Å². The van der Waals surface area contributed by atoms with Crippen molar-refractivity contribution in [2.75, 3.05) is 6.54 Å². The molecule has 8 nitrogen and oxygen atoms in total. The first kappa shape index (κ1) is 26.1. The van der Waals surface area contributed by atoms with Gasteiger partial charge in [-0.25, -0.2) is 14.3 Å². The van der Waals surface area contributed by atoms with E-state index in [9.17, 15) is 18.0 Å². The standard InChI is InChI=1S/C22H27N5O.C2HF3O2/c1-14(2)24-22(28)20-17-10-11-26(15(3)4)13-19(17)27-21(20)25-18(12-23-27)16-8-6-5-7-9-16;3-2(4,5)1(6)7/h5-9,12,14-15H,10-11,13H2,1-4H3,(H,24,28);(H,6,7). The second-order valence-electron chi connectivity index (χ2n) is 8.79. The first-order chi connectivity index (χ1) is 16.4. The highest BCUT2D eigenvalue weighted by Crippen LogP contribution is 2.29. The summed E-state index contributed by atoms with van der Waals surface area (Å²) in [4.78, 5) is 29.2. The Labute approximate surface area is 200 Å². The van der Waals surface area contributed by atoms with Crippen LogP contribution in [-0.4, -0.2) is 61.3 Å². The van der Waals surface area contributed by atoms with Crippen LogP contribution in [0.1, 0.15) is 49.3 Å². The number of aromatic nitrogens is 3. The van der Waals surface area contributed by atoms with Gasteiger partial charge in [0.25, 0.3) is 5.91 Å². The molecule has 1 aliphatic rings. The molecule has 1 aromatic carbocycles. The summed E-state index contributed by atoms with van der Waals surface area (Å²) in [5, 5.41) is 14.9. The lowest BCUT2D eigenvalue weighted by Gasteiger charge is -2.30. The Kier molecular flexibility index (Phi) is 7.79. The van der Waals surface area contributed by atoms with Gasteiger partial charge in [-0.15, -0.1) is 0 Å². The van der Waals surface area contributed by atoms with E-state index in [0.29, 0.717) is 17.3 Å². The molecule has 0 radical (unpaired) electrons. The molecular formula is C24H28F3N5O3. The summed E-state index contributed by atoms with van der Waals surface area (Å²) in [6.07, 6.45) is -2.46. The highest BCUT2D eigenvalue weighted by atomic mass is 19.4. The fourth-order valence-electron chi connectivity index (χ4n) is 3.84. The number of alkyl halides is 3. The number of amides is 1. The van der Waals surface area contributed by atoms with Crippen molar-refractivity contribution >= 4 is 17.5 Å². The lowest BCUT2D eigenvalue weighted by atomic mass is 10.0. The van der Waals surface area contributed by atoms with E-state index >= 15 is 0 Å². The third-order valence-electron chi connectivity index (χ3n) is 5.54. The molecule has 1 aliphatic heterocycles. The number of aliphatic carboxylic acids is 1. The van der Waals surface area contributed by atoms with E-state index in [1.54, 1.807) is 6.20 Å². The van der Waals surface area contributed by atoms with E-state index < -0.39 is 12.1 Å². The van der Waals surface area contributed by atoms with Crippen LogP contribution >= 0.6 is 0 Å². The summed E-state index contributed by atoms with van der Waals surface area (Å²) >= 11 is 0. The molecule has 0 aliphatic carbocycles. The summed E-state index contributed by atoms with van der Waals surface area (Å²) in [6, 6.07) is 10.5. The van der Waals surface area contributed by atoms with Gasteiger partial charge in [0.2, 0.25) is 0 Å². The van der Waals surface area contributed by atoms with Crippen LogP contribution in [-0.2, 0) is 17.8 Å². The van der Waals surface area contributed by atoms with Gasteiger partial charge < -0.3 is 10.4 Å². The molecule has 3 aromatic rings. The minimum atomic E-state index is -5.08. The molecule has 0 saturated carbocycles. The fraction of sp³-hybridized carbons (Fsp3) is 0.417. The molecule has 4 rings (SSSR count). The molecule has 0 spiro atoms. The van der Waals surface area contributed by atoms with Crippen LogP contribution < -0.4 is 5.32 Å². The monoisotopic (exact) mass is 491 g/mol. The molecule has 0 unspecified atom stereocenters. The van der Waals surface area contributed by atoms with Crippen LogP contribution in [0.15, 0.2) is 36.5 Å². The van der Waals surface area contributed by atoms with Crippen molar-refractivity contribution in [1.29, 1.82) is 0 Å². The molecule has 11 heteroatoms. The van der Waals surface area contributed by atoms with Crippen LogP contribution in [0.2, 0.25) is 0 Å². The van der Waals surface area contributed by atoms with E-state index in [2.05, 4.69) is 24.1 Å². The zero-order chi connectivity index (χ0) is 25.9. The number of carboxylic acid groups (broad SMARTS) is 1. The summed E-state index contributed by atoms with van der Waals surface area (Å²) in [5.74, 6) is -2.82. The maximum Gasteiger partial charge on any atom is 0.490 e. The molecule has 1 amide bonds. The Bertz CT molecular complexity index is 1210. The van der Waals surface area contributed by atoms with Gasteiger partial charge in [-0.05, 0) is 39.7 Å². The van der Waals surface area contributed by atoms with Gasteiger partial charge in [0, 0.05) is 30.7 Å². The Balaban J connectivity index is 0.000000429. The lowest BCUT2D eigenvalue weighted by molar-refractivity contribution is -0.192. The minimum absolute atomic E-state index is 0.0636. The second-order valence-corrected chi connectivity index (χ2v) is 8.79. The van der Waals surface area contributed by atoms with Crippen LogP contribution in [0.25, 0.3) is 16.9 Å². The zero-order valence-corrected chi connectivity index (χ0v) is 19.9. The number of carbonyl (C=O) groups excluding carboxylic acids is 1. The number of benzene rings is 1. The molecule has 0 atom stereocenters. The number of hydrogen-bond acceptors (Lipinski definition) is 5. The molecule has 2 N–H and O–H groups in total. The molecule has 2 aromatic heterocycles. The number of fused-ring (bicyclic) bond motifs is 3. The van der Waals surface area contributed by atoms with Gasteiger partial charge in [0.15, 0.2) is 5.65 Å². The van der Waals surface area contributed by atoms with Crippen molar-refractivity contribution in [3.63, 3.8) is 0 Å². The van der Waals surface area contributed by atoms with Gasteiger partial charge in [0.05, 0.1) is 23.1 Å². The van der Waals surface area contributed by atoms with Gasteiger partial charge in [0.1, 0.15) is 0 Å². The predicted molar refractivity (Wildman–Crippen MR) is 124 cm³/mol. The molecular weight excluding hydrogens is 463 g/mol. The smallest absolute Gasteiger partial charge is 0.475 e. The summed E-state index contributed by atoms with van der Waals surface area (Å²) in [6.45, 7) is 10.1. The first-order valence-electron chi connectivity index (χ1n) is 11.2. The van der Waals surface area contributed by atoms with Crippen molar-refractivity contribution in [1.82, 2.24) is 24.8 Å². The van der Waals surface area contributed by atoms with Crippen molar-refractivity contribution in [2.24, 2.45) is 0 Å². The van der Waals surface area contributed by atoms with Gasteiger partial charge in [-0.1, -0.05) is 30.3 Å². The fourth-order valence-corrected chi connectivity index (χ4v) is 3.84. The number of carboxylic acids is 1. The Hall–Kier alpha value is -3.47. The maximum atomic E-state index is 13.1. The third kappa shape index (κ3) is 5.97. The third-order valence-corrected chi connectivity index (χ3v) is 5.54. The van der Waals surface area contributed by atoms with Crippen molar-refractivity contribution in [3.8, 4) is 11.3 Å². The normalized spacial score (nSPS) is 14.0. The molecule has 0 saturated heterocycles. The molecule has 188 valence electrons. The molecule has 0 fully saturated rings. The highest BCUT2D eigenvalue weighted by Gasteiger charge is 2.38. The Morgan fingerprint density at radius 3 is 2.29 bits per heavy atom. The predicted octanol–water partition coefficient (Wildman–Crippen LogP) is 3.93. The number of nitrogens with one attached hydrogen (secondary N) is 1. The molecule has 3 heterocycles. The summed E-state index contributed by atoms with van der Waals surface area (Å²) < 4.78 is 33.6. The number of halogens is 3. The average molecular weight is 492 g/mol. The largest absolute Gasteiger partial charge is 0.490 e. The SMILES string of the molecule is CC(C)NC(=O)c1c2c(n3ncc(-c4ccccc4)nc13)CN(C(C)C)CC2.O=C(O)C(F)(F)F. The number of nitrogens with zero attached hydrogens (tertiary/aromatic N) is 4. The van der Waals surface area contributed by atoms with Crippen molar-refractivity contribution in [3.05, 3.63) is 53.3 Å². The summed E-state index contributed by atoms with van der Waals surface area (Å²) in [7, 11) is 0. The Morgan fingerprint density at radius 1 is 1.11 bits per heavy atom. The van der Waals surface area contributed by atoms with E-state index in [4.69, 9.17) is 20.0 Å². The second kappa shape index (κ2) is 10.4. The summed E-state index contributed by atoms with van der Waals surface area (Å²) in [5.41, 5.74) is 5.27. The van der Waals surface area contributed by atoms with Crippen molar-refractivity contribution < 1.29 is 27.9 Å². The van der Waals surface area contributed by atoms with Crippen LogP contribution in [0, 0.1) is 0 Å². The number of rotatable bonds is 4. The quantitative estimate of drug-likeness (QED) is 0.574. The van der Waals surface area contributed by atoms with E-state index in [-0.39, 0.29) is 11.9 Å². The van der Waals surface area contributed by atoms with Gasteiger partial charge in [-0.2, -0.15) is 18.3 Å². The Morgan fingerprint density at radius 2 is 1.74 bits per heavy atom. The van der Waals surface area contributed by atoms with Crippen LogP contribution in [0.4, 0.5) is 13.2 Å². The number of hydrogen-bond donors (Lipinski definition) is 2. The van der Waals surface area contributed by atoms with E-state index in [1.165, 1.54) is 0 Å². The zero-order valence-electron chi connectivity index (χ0n) is 19.9. The maximum absolute atomic E-state index is 13.1. The van der Waals surface area contributed by atoms with Crippen LogP contribution in [0.5, 0.6) is 0 Å². The highest BCUT2D eigenvalue weighted by molar-refractivity contribution is 6.02. The molecule has 0 bridgehead atoms. The topological polar surface area (TPSA) is 99.8 Å². The minimum Gasteiger partial charge on any atom is -0.475 e. The number of carbonyl (C=O) groups is 2. The average Bonchev–Trinajstić information content (AvgIpc) is 3.12. The van der Waals surface area contributed by atoms with Crippen LogP contribution in [0.3, 0.4) is 0 Å². The first-order valence-corrected chi connectivity index (χ1v) is 11.2. The lowest BCUT2D eigenvalue weighted by Crippen LogP contribution is -2.37. The van der Waals surface area contributed by atoms with E-state index in [1.807, 2.05) is 48.7 Å².